The van der Waals surface area contributed by atoms with E-state index in [-0.39, 0.29) is 5.78 Å². The minimum absolute atomic E-state index is 0.0442. The van der Waals surface area contributed by atoms with E-state index in [1.54, 1.807) is 6.92 Å². The Kier molecular flexibility index (Phi) is 9.00. The van der Waals surface area contributed by atoms with Gasteiger partial charge >= 0.3 is 0 Å². The highest BCUT2D eigenvalue weighted by molar-refractivity contribution is 8.32. The topological polar surface area (TPSA) is 35.9 Å². The van der Waals surface area contributed by atoms with Crippen molar-refractivity contribution in [1.82, 2.24) is 9.80 Å². The Morgan fingerprint density at radius 2 is 1.67 bits per heavy atom. The van der Waals surface area contributed by atoms with Gasteiger partial charge in [-0.3, -0.25) is 4.79 Å². The Hall–Kier alpha value is -1.40. The summed E-state index contributed by atoms with van der Waals surface area (Å²) in [6.07, 6.45) is 0. The van der Waals surface area contributed by atoms with Crippen LogP contribution in [0.5, 0.6) is 0 Å². The summed E-state index contributed by atoms with van der Waals surface area (Å²) in [6.45, 7) is 13.4. The third-order valence-corrected chi connectivity index (χ3v) is 5.18. The predicted octanol–water partition coefficient (Wildman–Crippen LogP) is 4.58. The molecule has 0 N–H and O–H groups in total. The van der Waals surface area contributed by atoms with Gasteiger partial charge in [0.05, 0.1) is 5.69 Å². The summed E-state index contributed by atoms with van der Waals surface area (Å²) in [6, 6.07) is 7.42. The number of benzene rings is 1. The van der Waals surface area contributed by atoms with Gasteiger partial charge < -0.3 is 9.80 Å². The Morgan fingerprint density at radius 3 is 2.17 bits per heavy atom. The predicted molar refractivity (Wildman–Crippen MR) is 110 cm³/mol. The first-order chi connectivity index (χ1) is 11.5. The molecule has 0 radical (unpaired) electrons. The largest absolute Gasteiger partial charge is 0.358 e. The Morgan fingerprint density at radius 1 is 1.08 bits per heavy atom. The fourth-order valence-electron chi connectivity index (χ4n) is 2.18. The zero-order valence-corrected chi connectivity index (χ0v) is 16.8. The van der Waals surface area contributed by atoms with Crippen molar-refractivity contribution in [3.63, 3.8) is 0 Å². The number of nitrogens with zero attached hydrogens (tertiary/aromatic N) is 3. The highest BCUT2D eigenvalue weighted by Gasteiger charge is 2.15. The van der Waals surface area contributed by atoms with Crippen molar-refractivity contribution < 1.29 is 4.79 Å². The summed E-state index contributed by atoms with van der Waals surface area (Å²) in [4.78, 5) is 20.7. The first-order valence-corrected chi connectivity index (χ1v) is 9.60. The molecule has 1 aromatic carbocycles. The van der Waals surface area contributed by atoms with Gasteiger partial charge in [-0.15, -0.1) is 0 Å². The smallest absolute Gasteiger partial charge is 0.171 e. The molecule has 6 heteroatoms. The van der Waals surface area contributed by atoms with Crippen molar-refractivity contribution in [2.75, 3.05) is 26.2 Å². The van der Waals surface area contributed by atoms with Gasteiger partial charge in [-0.05, 0) is 58.5 Å². The average molecular weight is 366 g/mol. The summed E-state index contributed by atoms with van der Waals surface area (Å²) < 4.78 is 0.827. The Balaban J connectivity index is 3.15. The number of thiocarbonyl (C=S) groups is 1. The number of thioether (sulfide) groups is 1. The van der Waals surface area contributed by atoms with Crippen molar-refractivity contribution in [1.29, 1.82) is 0 Å². The molecule has 4 nitrogen and oxygen atoms in total. The van der Waals surface area contributed by atoms with Gasteiger partial charge in [-0.1, -0.05) is 24.4 Å². The van der Waals surface area contributed by atoms with Crippen LogP contribution in [0.2, 0.25) is 0 Å². The van der Waals surface area contributed by atoms with E-state index in [1.807, 2.05) is 24.3 Å². The standard InChI is InChI=1S/C18H27N3OS2/c1-6-20(7-2)17(24-18(23)21(8-3)9-4)19-16-12-10-11-15(13-16)14(5)22/h10-13H,6-9H2,1-5H3. The molecule has 0 aliphatic carbocycles. The fourth-order valence-corrected chi connectivity index (χ4v) is 3.75. The van der Waals surface area contributed by atoms with Crippen LogP contribution in [0.15, 0.2) is 29.3 Å². The average Bonchev–Trinajstić information content (AvgIpc) is 2.57. The highest BCUT2D eigenvalue weighted by Crippen LogP contribution is 2.21. The number of amidine groups is 1. The summed E-state index contributed by atoms with van der Waals surface area (Å²) in [5.41, 5.74) is 1.45. The number of aliphatic imine (C=N–C) groups is 1. The molecule has 0 saturated heterocycles. The first kappa shape index (κ1) is 20.6. The SMILES string of the molecule is CCN(CC)C(=S)SC(=Nc1cccc(C(C)=O)c1)N(CC)CC. The molecular formula is C18H27N3OS2. The van der Waals surface area contributed by atoms with Crippen LogP contribution >= 0.6 is 24.0 Å². The third kappa shape index (κ3) is 5.91. The lowest BCUT2D eigenvalue weighted by Gasteiger charge is -2.26. The molecule has 0 heterocycles. The lowest BCUT2D eigenvalue weighted by molar-refractivity contribution is 0.101. The summed E-state index contributed by atoms with van der Waals surface area (Å²) in [5, 5.41) is 0.873. The van der Waals surface area contributed by atoms with Crippen LogP contribution in [-0.2, 0) is 0 Å². The molecule has 0 aromatic heterocycles. The molecule has 132 valence electrons. The molecule has 0 saturated carbocycles. The molecule has 0 unspecified atom stereocenters. The van der Waals surface area contributed by atoms with Crippen LogP contribution in [-0.4, -0.2) is 51.3 Å². The summed E-state index contributed by atoms with van der Waals surface area (Å²) in [7, 11) is 0. The highest BCUT2D eigenvalue weighted by atomic mass is 32.2. The zero-order chi connectivity index (χ0) is 18.1. The van der Waals surface area contributed by atoms with E-state index < -0.39 is 0 Å². The molecule has 0 bridgehead atoms. The maximum absolute atomic E-state index is 11.6. The normalized spacial score (nSPS) is 11.3. The molecule has 1 rings (SSSR count). The number of rotatable bonds is 6. The third-order valence-electron chi connectivity index (χ3n) is 3.71. The van der Waals surface area contributed by atoms with Gasteiger partial charge in [0.15, 0.2) is 11.0 Å². The Labute approximate surface area is 155 Å². The van der Waals surface area contributed by atoms with Gasteiger partial charge in [0.25, 0.3) is 0 Å². The maximum atomic E-state index is 11.6. The molecular weight excluding hydrogens is 338 g/mol. The molecule has 0 aliphatic rings. The van der Waals surface area contributed by atoms with Crippen molar-refractivity contribution >= 4 is 44.9 Å². The van der Waals surface area contributed by atoms with Crippen LogP contribution in [0.3, 0.4) is 0 Å². The van der Waals surface area contributed by atoms with Gasteiger partial charge in [-0.25, -0.2) is 4.99 Å². The number of carbonyl (C=O) groups is 1. The van der Waals surface area contributed by atoms with E-state index in [0.29, 0.717) is 5.56 Å². The van der Waals surface area contributed by atoms with Crippen molar-refractivity contribution in [2.24, 2.45) is 4.99 Å². The molecule has 0 aliphatic heterocycles. The van der Waals surface area contributed by atoms with Gasteiger partial charge in [-0.2, -0.15) is 0 Å². The molecule has 0 spiro atoms. The van der Waals surface area contributed by atoms with E-state index in [4.69, 9.17) is 17.2 Å². The van der Waals surface area contributed by atoms with E-state index in [1.165, 1.54) is 11.8 Å². The van der Waals surface area contributed by atoms with Crippen molar-refractivity contribution in [2.45, 2.75) is 34.6 Å². The fraction of sp³-hybridized carbons (Fsp3) is 0.500. The second kappa shape index (κ2) is 10.5. The lowest BCUT2D eigenvalue weighted by Crippen LogP contribution is -2.33. The monoisotopic (exact) mass is 365 g/mol. The zero-order valence-electron chi connectivity index (χ0n) is 15.2. The first-order valence-electron chi connectivity index (χ1n) is 8.38. The van der Waals surface area contributed by atoms with Crippen molar-refractivity contribution in [3.8, 4) is 0 Å². The summed E-state index contributed by atoms with van der Waals surface area (Å²) in [5.74, 6) is 0.0442. The second-order valence-corrected chi connectivity index (χ2v) is 6.81. The summed E-state index contributed by atoms with van der Waals surface area (Å²) >= 11 is 7.09. The Bertz CT molecular complexity index is 594. The van der Waals surface area contributed by atoms with E-state index in [9.17, 15) is 4.79 Å². The number of ketones is 1. The van der Waals surface area contributed by atoms with Crippen LogP contribution in [0.25, 0.3) is 0 Å². The number of carbonyl (C=O) groups excluding carboxylic acids is 1. The maximum Gasteiger partial charge on any atom is 0.171 e. The van der Waals surface area contributed by atoms with E-state index in [2.05, 4.69) is 37.5 Å². The van der Waals surface area contributed by atoms with Gasteiger partial charge in [0, 0.05) is 31.7 Å². The molecule has 0 atom stereocenters. The minimum Gasteiger partial charge on any atom is -0.358 e. The minimum atomic E-state index is 0.0442. The van der Waals surface area contributed by atoms with Gasteiger partial charge in [0.2, 0.25) is 0 Å². The van der Waals surface area contributed by atoms with Crippen LogP contribution < -0.4 is 0 Å². The number of Topliss-reactive ketones (excluding diaryl/α,β-unsaturated/α-hetero) is 1. The molecule has 24 heavy (non-hydrogen) atoms. The van der Waals surface area contributed by atoms with Crippen LogP contribution in [0.4, 0.5) is 5.69 Å². The van der Waals surface area contributed by atoms with E-state index >= 15 is 0 Å². The van der Waals surface area contributed by atoms with Crippen LogP contribution in [0, 0.1) is 0 Å². The van der Waals surface area contributed by atoms with Crippen molar-refractivity contribution in [3.05, 3.63) is 29.8 Å². The number of hydrogen-bond acceptors (Lipinski definition) is 4. The lowest BCUT2D eigenvalue weighted by atomic mass is 10.1. The molecule has 0 fully saturated rings. The van der Waals surface area contributed by atoms with Crippen LogP contribution in [0.1, 0.15) is 45.0 Å². The number of hydrogen-bond donors (Lipinski definition) is 0. The second-order valence-electron chi connectivity index (χ2n) is 5.21. The quantitative estimate of drug-likeness (QED) is 0.319. The molecule has 0 amide bonds. The molecule has 1 aromatic rings. The van der Waals surface area contributed by atoms with Gasteiger partial charge in [0.1, 0.15) is 4.32 Å². The van der Waals surface area contributed by atoms with E-state index in [0.717, 1.165) is 41.4 Å².